The molecule has 21 heteroatoms. The fourth-order valence-electron chi connectivity index (χ4n) is 9.32. The molecular weight excluding hydrogens is 1120 g/mol. The molecule has 2 aromatic heterocycles. The van der Waals surface area contributed by atoms with E-state index in [0.29, 0.717) is 104 Å². The Balaban J connectivity index is 0.745. The second kappa shape index (κ2) is 35.7. The van der Waals surface area contributed by atoms with Crippen molar-refractivity contribution in [3.8, 4) is 44.4 Å². The molecule has 0 spiro atoms. The van der Waals surface area contributed by atoms with Gasteiger partial charge in [-0.2, -0.15) is 9.78 Å². The first-order valence-corrected chi connectivity index (χ1v) is 30.6. The SMILES string of the molecule is C=CC(=O)OCCC(=O)OCCCCCCOc1ccc(OOCC2CCC(C(=O)Oc3ccc(OOCC4CCC(C(=O)Oc5ccc(OCCCCCCOC(=O)CCOC(=O)C=C)cc5)CC4)c4nc(-c5cccs5)sc34)CC2)cc1. The van der Waals surface area contributed by atoms with Gasteiger partial charge in [-0.15, -0.1) is 22.7 Å². The Labute approximate surface area is 497 Å². The van der Waals surface area contributed by atoms with Crippen molar-refractivity contribution in [3.05, 3.63) is 103 Å². The number of thiophene rings is 1. The average molecular weight is 1200 g/mol. The zero-order valence-corrected chi connectivity index (χ0v) is 49.0. The van der Waals surface area contributed by atoms with Gasteiger partial charge in [0, 0.05) is 12.2 Å². The summed E-state index contributed by atoms with van der Waals surface area (Å²) in [6, 6.07) is 21.7. The third-order valence-electron chi connectivity index (χ3n) is 14.1. The molecule has 0 aliphatic heterocycles. The molecule has 0 amide bonds. The van der Waals surface area contributed by atoms with E-state index in [9.17, 15) is 28.8 Å². The number of benzene rings is 3. The number of unbranched alkanes of at least 4 members (excludes halogenated alkanes) is 6. The van der Waals surface area contributed by atoms with Crippen LogP contribution in [0.15, 0.2) is 103 Å². The van der Waals surface area contributed by atoms with Gasteiger partial charge in [-0.1, -0.05) is 19.2 Å². The Morgan fingerprint density at radius 1 is 0.500 bits per heavy atom. The van der Waals surface area contributed by atoms with Gasteiger partial charge in [0.1, 0.15) is 45.7 Å². The van der Waals surface area contributed by atoms with Crippen LogP contribution in [-0.4, -0.2) is 93.7 Å². The maximum atomic E-state index is 13.7. The summed E-state index contributed by atoms with van der Waals surface area (Å²) in [7, 11) is 0. The maximum Gasteiger partial charge on any atom is 0.330 e. The summed E-state index contributed by atoms with van der Waals surface area (Å²) in [4.78, 5) is 101. The van der Waals surface area contributed by atoms with Crippen LogP contribution in [-0.2, 0) is 57.5 Å². The van der Waals surface area contributed by atoms with Crippen LogP contribution in [0.25, 0.3) is 20.1 Å². The number of aromatic nitrogens is 1. The summed E-state index contributed by atoms with van der Waals surface area (Å²) in [6.45, 7) is 8.99. The number of hydrogen-bond acceptors (Lipinski definition) is 21. The normalized spacial score (nSPS) is 16.6. The number of rotatable bonds is 37. The number of carbonyl (C=O) groups excluding carboxylic acids is 6. The molecule has 2 aliphatic carbocycles. The number of esters is 6. The molecule has 5 aromatic rings. The molecular formula is C63H75NO18S2. The molecule has 19 nitrogen and oxygen atoms in total. The largest absolute Gasteiger partial charge is 0.494 e. The molecule has 7 rings (SSSR count). The summed E-state index contributed by atoms with van der Waals surface area (Å²) >= 11 is 3.00. The van der Waals surface area contributed by atoms with Gasteiger partial charge in [-0.3, -0.25) is 19.2 Å². The Hall–Kier alpha value is -7.33. The fraction of sp³-hybridized carbons (Fsp3) is 0.476. The molecule has 0 saturated heterocycles. The van der Waals surface area contributed by atoms with Crippen LogP contribution in [0.2, 0.25) is 0 Å². The molecule has 0 N–H and O–H groups in total. The molecule has 84 heavy (non-hydrogen) atoms. The zero-order chi connectivity index (χ0) is 59.1. The number of ether oxygens (including phenoxy) is 8. The predicted octanol–water partition coefficient (Wildman–Crippen LogP) is 12.7. The third-order valence-corrected chi connectivity index (χ3v) is 16.2. The Bertz CT molecular complexity index is 2850. The number of carbonyl (C=O) groups is 6. The van der Waals surface area contributed by atoms with E-state index in [0.717, 1.165) is 105 Å². The minimum absolute atomic E-state index is 0.0114. The first kappa shape index (κ1) is 64.2. The van der Waals surface area contributed by atoms with Gasteiger partial charge in [-0.05, 0) is 187 Å². The van der Waals surface area contributed by atoms with Crippen molar-refractivity contribution in [2.24, 2.45) is 23.7 Å². The molecule has 3 aromatic carbocycles. The summed E-state index contributed by atoms with van der Waals surface area (Å²) in [5, 5.41) is 2.77. The summed E-state index contributed by atoms with van der Waals surface area (Å²) in [5.41, 5.74) is 0.544. The molecule has 2 fully saturated rings. The molecule has 452 valence electrons. The molecule has 0 bridgehead atoms. The first-order valence-electron chi connectivity index (χ1n) is 28.9. The van der Waals surface area contributed by atoms with E-state index in [-0.39, 0.29) is 61.7 Å². The minimum Gasteiger partial charge on any atom is -0.494 e. The lowest BCUT2D eigenvalue weighted by Crippen LogP contribution is -2.27. The molecule has 2 saturated carbocycles. The van der Waals surface area contributed by atoms with E-state index in [1.54, 1.807) is 59.9 Å². The molecule has 0 unspecified atom stereocenters. The highest BCUT2D eigenvalue weighted by Crippen LogP contribution is 2.43. The van der Waals surface area contributed by atoms with Gasteiger partial charge in [0.2, 0.25) is 0 Å². The molecule has 2 heterocycles. The van der Waals surface area contributed by atoms with Crippen LogP contribution in [0, 0.1) is 23.7 Å². The molecule has 0 radical (unpaired) electrons. The quantitative estimate of drug-likeness (QED) is 0.00685. The lowest BCUT2D eigenvalue weighted by molar-refractivity contribution is -0.218. The van der Waals surface area contributed by atoms with E-state index in [2.05, 4.69) is 13.2 Å². The predicted molar refractivity (Wildman–Crippen MR) is 313 cm³/mol. The number of nitrogens with zero attached hydrogens (tertiary/aromatic N) is 1. The van der Waals surface area contributed by atoms with Crippen molar-refractivity contribution in [2.75, 3.05) is 52.9 Å². The topological polar surface area (TPSA) is 226 Å². The van der Waals surface area contributed by atoms with E-state index >= 15 is 0 Å². The van der Waals surface area contributed by atoms with Gasteiger partial charge in [0.05, 0.1) is 69.2 Å². The Kier molecular flexibility index (Phi) is 27.3. The van der Waals surface area contributed by atoms with Crippen molar-refractivity contribution in [1.82, 2.24) is 4.98 Å². The maximum absolute atomic E-state index is 13.7. The second-order valence-electron chi connectivity index (χ2n) is 20.4. The van der Waals surface area contributed by atoms with Gasteiger partial charge in [-0.25, -0.2) is 14.6 Å². The van der Waals surface area contributed by atoms with E-state index in [1.165, 1.54) is 11.3 Å². The van der Waals surface area contributed by atoms with Crippen LogP contribution in [0.4, 0.5) is 0 Å². The van der Waals surface area contributed by atoms with E-state index in [1.807, 2.05) is 29.6 Å². The third kappa shape index (κ3) is 22.3. The van der Waals surface area contributed by atoms with Gasteiger partial charge in [0.25, 0.3) is 0 Å². The van der Waals surface area contributed by atoms with Crippen molar-refractivity contribution in [2.45, 2.75) is 116 Å². The fourth-order valence-corrected chi connectivity index (χ4v) is 11.1. The summed E-state index contributed by atoms with van der Waals surface area (Å²) in [6.07, 6.45) is 14.6. The Morgan fingerprint density at radius 3 is 1.49 bits per heavy atom. The Morgan fingerprint density at radius 2 is 0.976 bits per heavy atom. The molecule has 0 atom stereocenters. The number of hydrogen-bond donors (Lipinski definition) is 0. The van der Waals surface area contributed by atoms with Crippen molar-refractivity contribution in [1.29, 1.82) is 0 Å². The highest BCUT2D eigenvalue weighted by atomic mass is 32.1. The van der Waals surface area contributed by atoms with Gasteiger partial charge in [0.15, 0.2) is 17.2 Å². The number of fused-ring (bicyclic) bond motifs is 1. The minimum atomic E-state index is -0.570. The van der Waals surface area contributed by atoms with Crippen molar-refractivity contribution < 1.29 is 86.2 Å². The lowest BCUT2D eigenvalue weighted by atomic mass is 9.82. The average Bonchev–Trinajstić information content (AvgIpc) is 2.74. The van der Waals surface area contributed by atoms with Crippen molar-refractivity contribution in [3.63, 3.8) is 0 Å². The van der Waals surface area contributed by atoms with E-state index < -0.39 is 23.9 Å². The van der Waals surface area contributed by atoms with Crippen LogP contribution < -0.4 is 28.7 Å². The summed E-state index contributed by atoms with van der Waals surface area (Å²) in [5.74, 6) is 0.698. The lowest BCUT2D eigenvalue weighted by Gasteiger charge is -2.26. The van der Waals surface area contributed by atoms with Crippen LogP contribution >= 0.6 is 22.7 Å². The standard InChI is InChI=1S/C63H75NO18S2/c1-3-55(65)75-39-33-57(67)73-37-11-7-5-9-35-71-48-23-27-50(28-24-48)79-62(69)46-19-15-45(16-20-46)43-78-82-52-31-32-53(60-59(52)64-61(84-60)54-14-13-41-83-54)80-63(70)47-21-17-44(18-22-47)42-77-81-51-29-25-49(26-30-51)72-36-10-6-8-12-38-74-58(68)34-40-76-56(66)4-2/h3-4,13-14,23-32,41,44-47H,1-2,5-12,15-22,33-40,42-43H2. The van der Waals surface area contributed by atoms with Gasteiger partial charge >= 0.3 is 35.8 Å². The second-order valence-corrected chi connectivity index (χ2v) is 22.3. The van der Waals surface area contributed by atoms with Crippen molar-refractivity contribution >= 4 is 68.7 Å². The van der Waals surface area contributed by atoms with Crippen LogP contribution in [0.1, 0.15) is 116 Å². The monoisotopic (exact) mass is 1200 g/mol. The first-order chi connectivity index (χ1) is 41.0. The summed E-state index contributed by atoms with van der Waals surface area (Å²) < 4.78 is 44.1. The van der Waals surface area contributed by atoms with E-state index in [4.69, 9.17) is 62.4 Å². The van der Waals surface area contributed by atoms with Crippen LogP contribution in [0.5, 0.6) is 34.5 Å². The van der Waals surface area contributed by atoms with Gasteiger partial charge < -0.3 is 47.7 Å². The highest BCUT2D eigenvalue weighted by molar-refractivity contribution is 7.25. The zero-order valence-electron chi connectivity index (χ0n) is 47.4. The van der Waals surface area contributed by atoms with Crippen LogP contribution in [0.3, 0.4) is 0 Å². The number of thiazole rings is 1. The highest BCUT2D eigenvalue weighted by Gasteiger charge is 2.31. The molecule has 2 aliphatic rings. The smallest absolute Gasteiger partial charge is 0.330 e.